The Morgan fingerprint density at radius 1 is 1.17 bits per heavy atom. The second kappa shape index (κ2) is 8.14. The summed E-state index contributed by atoms with van der Waals surface area (Å²) in [5, 5.41) is 5.33. The van der Waals surface area contributed by atoms with E-state index in [4.69, 9.17) is 21.1 Å². The Kier molecular flexibility index (Phi) is 5.42. The minimum atomic E-state index is -0.162. The van der Waals surface area contributed by atoms with E-state index < -0.39 is 0 Å². The van der Waals surface area contributed by atoms with E-state index in [1.807, 2.05) is 40.2 Å². The second-order valence-corrected chi connectivity index (χ2v) is 7.58. The number of carbonyl (C=O) groups excluding carboxylic acids is 1. The number of hydrogen-bond donors (Lipinski definition) is 1. The lowest BCUT2D eigenvalue weighted by Gasteiger charge is -2.10. The number of nitrogens with one attached hydrogen (secondary N) is 1. The zero-order valence-electron chi connectivity index (χ0n) is 15.8. The van der Waals surface area contributed by atoms with E-state index >= 15 is 0 Å². The summed E-state index contributed by atoms with van der Waals surface area (Å²) in [5.41, 5.74) is 3.23. The summed E-state index contributed by atoms with van der Waals surface area (Å²) in [6, 6.07) is 12.8. The lowest BCUT2D eigenvalue weighted by Crippen LogP contribution is -2.15. The molecule has 0 unspecified atom stereocenters. The van der Waals surface area contributed by atoms with Crippen LogP contribution in [-0.4, -0.2) is 29.5 Å². The predicted molar refractivity (Wildman–Crippen MR) is 115 cm³/mol. The van der Waals surface area contributed by atoms with Gasteiger partial charge in [-0.3, -0.25) is 9.20 Å². The van der Waals surface area contributed by atoms with Crippen LogP contribution >= 0.6 is 22.9 Å². The average Bonchev–Trinajstić information content (AvgIpc) is 3.30. The summed E-state index contributed by atoms with van der Waals surface area (Å²) in [5.74, 6) is 1.19. The third kappa shape index (κ3) is 4.06. The van der Waals surface area contributed by atoms with Crippen molar-refractivity contribution in [2.45, 2.75) is 6.42 Å². The minimum Gasteiger partial charge on any atom is -0.497 e. The SMILES string of the molecule is COc1ccc(-c2cn3c(CC(=O)Nc4cc(Cl)ccc4OC)csc3n2)cc1. The molecule has 0 radical (unpaired) electrons. The zero-order valence-corrected chi connectivity index (χ0v) is 17.4. The molecule has 1 N–H and O–H groups in total. The monoisotopic (exact) mass is 427 g/mol. The van der Waals surface area contributed by atoms with Gasteiger partial charge in [0.15, 0.2) is 4.96 Å². The first kappa shape index (κ1) is 19.3. The first-order valence-electron chi connectivity index (χ1n) is 8.80. The molecule has 148 valence electrons. The van der Waals surface area contributed by atoms with Crippen LogP contribution < -0.4 is 14.8 Å². The maximum Gasteiger partial charge on any atom is 0.230 e. The van der Waals surface area contributed by atoms with Gasteiger partial charge >= 0.3 is 0 Å². The molecule has 2 heterocycles. The van der Waals surface area contributed by atoms with E-state index in [0.29, 0.717) is 16.5 Å². The second-order valence-electron chi connectivity index (χ2n) is 6.30. The van der Waals surface area contributed by atoms with Crippen LogP contribution in [0.2, 0.25) is 5.02 Å². The molecule has 8 heteroatoms. The predicted octanol–water partition coefficient (Wildman–Crippen LogP) is 4.91. The molecule has 0 aliphatic rings. The number of amides is 1. The van der Waals surface area contributed by atoms with E-state index in [2.05, 4.69) is 10.3 Å². The molecule has 0 bridgehead atoms. The van der Waals surface area contributed by atoms with Gasteiger partial charge < -0.3 is 14.8 Å². The molecule has 0 saturated heterocycles. The number of imidazole rings is 1. The smallest absolute Gasteiger partial charge is 0.230 e. The van der Waals surface area contributed by atoms with E-state index in [0.717, 1.165) is 27.7 Å². The van der Waals surface area contributed by atoms with E-state index in [9.17, 15) is 4.79 Å². The van der Waals surface area contributed by atoms with Gasteiger partial charge in [0.25, 0.3) is 0 Å². The van der Waals surface area contributed by atoms with E-state index in [-0.39, 0.29) is 12.3 Å². The van der Waals surface area contributed by atoms with Gasteiger partial charge in [0, 0.05) is 27.9 Å². The fourth-order valence-electron chi connectivity index (χ4n) is 2.99. The number of thiazole rings is 1. The molecule has 2 aromatic carbocycles. The number of rotatable bonds is 6. The van der Waals surface area contributed by atoms with Crippen LogP contribution in [0.1, 0.15) is 5.69 Å². The van der Waals surface area contributed by atoms with Gasteiger partial charge in [0.2, 0.25) is 5.91 Å². The summed E-state index contributed by atoms with van der Waals surface area (Å²) < 4.78 is 12.4. The Morgan fingerprint density at radius 2 is 1.97 bits per heavy atom. The highest BCUT2D eigenvalue weighted by Crippen LogP contribution is 2.29. The van der Waals surface area contributed by atoms with Gasteiger partial charge in [0.05, 0.1) is 32.0 Å². The highest BCUT2D eigenvalue weighted by molar-refractivity contribution is 7.15. The fraction of sp³-hybridized carbons (Fsp3) is 0.143. The molecule has 0 aliphatic carbocycles. The van der Waals surface area contributed by atoms with E-state index in [1.54, 1.807) is 32.4 Å². The van der Waals surface area contributed by atoms with Crippen LogP contribution in [0.4, 0.5) is 5.69 Å². The first-order valence-corrected chi connectivity index (χ1v) is 10.1. The van der Waals surface area contributed by atoms with Crippen molar-refractivity contribution in [2.75, 3.05) is 19.5 Å². The number of fused-ring (bicyclic) bond motifs is 1. The summed E-state index contributed by atoms with van der Waals surface area (Å²) in [6.45, 7) is 0. The summed E-state index contributed by atoms with van der Waals surface area (Å²) >= 11 is 7.53. The maximum atomic E-state index is 12.6. The molecule has 4 aromatic rings. The van der Waals surface area contributed by atoms with Crippen molar-refractivity contribution in [3.8, 4) is 22.8 Å². The van der Waals surface area contributed by atoms with Crippen molar-refractivity contribution in [1.29, 1.82) is 0 Å². The quantitative estimate of drug-likeness (QED) is 0.474. The normalized spacial score (nSPS) is 10.9. The molecule has 2 aromatic heterocycles. The van der Waals surface area contributed by atoms with Gasteiger partial charge in [-0.05, 0) is 42.5 Å². The van der Waals surface area contributed by atoms with Crippen LogP contribution in [0.15, 0.2) is 54.0 Å². The zero-order chi connectivity index (χ0) is 20.4. The van der Waals surface area contributed by atoms with Crippen LogP contribution in [-0.2, 0) is 11.2 Å². The number of nitrogens with zero attached hydrogens (tertiary/aromatic N) is 2. The molecular weight excluding hydrogens is 410 g/mol. The van der Waals surface area contributed by atoms with Crippen molar-refractivity contribution >= 4 is 39.5 Å². The Bertz CT molecular complexity index is 1170. The first-order chi connectivity index (χ1) is 14.1. The molecule has 0 aliphatic heterocycles. The largest absolute Gasteiger partial charge is 0.497 e. The number of halogens is 1. The van der Waals surface area contributed by atoms with Crippen LogP contribution in [0.3, 0.4) is 0 Å². The highest BCUT2D eigenvalue weighted by atomic mass is 35.5. The van der Waals surface area contributed by atoms with Crippen molar-refractivity contribution in [1.82, 2.24) is 9.38 Å². The third-order valence-electron chi connectivity index (χ3n) is 4.45. The molecule has 1 amide bonds. The molecule has 29 heavy (non-hydrogen) atoms. The van der Waals surface area contributed by atoms with Gasteiger partial charge in [-0.1, -0.05) is 11.6 Å². The lowest BCUT2D eigenvalue weighted by atomic mass is 10.2. The van der Waals surface area contributed by atoms with Crippen molar-refractivity contribution in [2.24, 2.45) is 0 Å². The highest BCUT2D eigenvalue weighted by Gasteiger charge is 2.14. The van der Waals surface area contributed by atoms with Gasteiger partial charge in [-0.2, -0.15) is 0 Å². The van der Waals surface area contributed by atoms with Gasteiger partial charge in [-0.25, -0.2) is 4.98 Å². The van der Waals surface area contributed by atoms with Gasteiger partial charge in [-0.15, -0.1) is 11.3 Å². The summed E-state index contributed by atoms with van der Waals surface area (Å²) in [7, 11) is 3.19. The number of anilines is 1. The topological polar surface area (TPSA) is 64.9 Å². The Hall–Kier alpha value is -3.03. The van der Waals surface area contributed by atoms with Crippen LogP contribution in [0.25, 0.3) is 16.2 Å². The third-order valence-corrected chi connectivity index (χ3v) is 5.57. The molecule has 4 rings (SSSR count). The van der Waals surface area contributed by atoms with E-state index in [1.165, 1.54) is 11.3 Å². The Morgan fingerprint density at radius 3 is 2.69 bits per heavy atom. The molecule has 0 fully saturated rings. The number of ether oxygens (including phenoxy) is 2. The van der Waals surface area contributed by atoms with Crippen molar-refractivity contribution in [3.05, 3.63) is 64.8 Å². The molecule has 6 nitrogen and oxygen atoms in total. The number of aromatic nitrogens is 2. The van der Waals surface area contributed by atoms with Crippen LogP contribution in [0, 0.1) is 0 Å². The summed E-state index contributed by atoms with van der Waals surface area (Å²) in [6.07, 6.45) is 2.14. The molecule has 0 saturated carbocycles. The maximum absolute atomic E-state index is 12.6. The summed E-state index contributed by atoms with van der Waals surface area (Å²) in [4.78, 5) is 18.1. The minimum absolute atomic E-state index is 0.162. The average molecular weight is 428 g/mol. The Labute approximate surface area is 176 Å². The Balaban J connectivity index is 1.54. The molecule has 0 spiro atoms. The van der Waals surface area contributed by atoms with Gasteiger partial charge in [0.1, 0.15) is 11.5 Å². The molecule has 0 atom stereocenters. The fourth-order valence-corrected chi connectivity index (χ4v) is 4.04. The molecular formula is C21H18ClN3O3S. The van der Waals surface area contributed by atoms with Crippen LogP contribution in [0.5, 0.6) is 11.5 Å². The number of methoxy groups -OCH3 is 2. The number of carbonyl (C=O) groups is 1. The van der Waals surface area contributed by atoms with Crippen molar-refractivity contribution in [3.63, 3.8) is 0 Å². The number of hydrogen-bond acceptors (Lipinski definition) is 5. The standard InChI is InChI=1S/C21H18ClN3O3S/c1-27-16-6-3-13(4-7-16)18-11-25-15(12-29-21(25)24-18)10-20(26)23-17-9-14(22)5-8-19(17)28-2/h3-9,11-12H,10H2,1-2H3,(H,23,26). The van der Waals surface area contributed by atoms with Crippen molar-refractivity contribution < 1.29 is 14.3 Å². The lowest BCUT2D eigenvalue weighted by molar-refractivity contribution is -0.115. The number of benzene rings is 2.